The number of aliphatic hydroxyl groups is 1. The van der Waals surface area contributed by atoms with E-state index in [1.165, 1.54) is 12.7 Å². The van der Waals surface area contributed by atoms with Crippen LogP contribution < -0.4 is 10.6 Å². The van der Waals surface area contributed by atoms with E-state index in [1.807, 2.05) is 0 Å². The molecule has 0 spiro atoms. The molecule has 24 heavy (non-hydrogen) atoms. The standard InChI is InChI=1S/C13H16N6O5/c20-4-7-1-2-8(24-7)19-6-17-10-11(15-5-16-12(10)19)18-13(23)14-3-9(21)22/h5-8,20H,1-4H2,(H,21,22)(H2,14,15,16,18,23). The highest BCUT2D eigenvalue weighted by molar-refractivity contribution is 5.96. The summed E-state index contributed by atoms with van der Waals surface area (Å²) in [4.78, 5) is 34.4. The number of urea groups is 1. The van der Waals surface area contributed by atoms with E-state index in [1.54, 1.807) is 4.57 Å². The second kappa shape index (κ2) is 6.76. The first kappa shape index (κ1) is 16.1. The first-order chi connectivity index (χ1) is 11.6. The smallest absolute Gasteiger partial charge is 0.323 e. The second-order valence-electron chi connectivity index (χ2n) is 5.22. The third-order valence-electron chi connectivity index (χ3n) is 3.59. The van der Waals surface area contributed by atoms with Crippen molar-refractivity contribution in [2.75, 3.05) is 18.5 Å². The van der Waals surface area contributed by atoms with Crippen molar-refractivity contribution in [2.45, 2.75) is 25.2 Å². The molecular formula is C13H16N6O5. The van der Waals surface area contributed by atoms with Gasteiger partial charge < -0.3 is 20.3 Å². The summed E-state index contributed by atoms with van der Waals surface area (Å²) in [5, 5.41) is 22.3. The van der Waals surface area contributed by atoms with E-state index in [-0.39, 0.29) is 24.8 Å². The number of fused-ring (bicyclic) bond motifs is 1. The Morgan fingerprint density at radius 3 is 2.88 bits per heavy atom. The number of carbonyl (C=O) groups is 2. The van der Waals surface area contributed by atoms with E-state index < -0.39 is 18.5 Å². The summed E-state index contributed by atoms with van der Waals surface area (Å²) in [7, 11) is 0. The minimum atomic E-state index is -1.15. The summed E-state index contributed by atoms with van der Waals surface area (Å²) >= 11 is 0. The number of hydrogen-bond acceptors (Lipinski definition) is 7. The Balaban J connectivity index is 1.79. The lowest BCUT2D eigenvalue weighted by Crippen LogP contribution is -2.33. The van der Waals surface area contributed by atoms with Crippen LogP contribution in [0.2, 0.25) is 0 Å². The summed E-state index contributed by atoms with van der Waals surface area (Å²) in [6.07, 6.45) is 3.73. The fourth-order valence-corrected chi connectivity index (χ4v) is 2.49. The van der Waals surface area contributed by atoms with E-state index in [2.05, 4.69) is 25.6 Å². The molecule has 128 valence electrons. The first-order valence-electron chi connectivity index (χ1n) is 7.29. The normalized spacial score (nSPS) is 20.2. The summed E-state index contributed by atoms with van der Waals surface area (Å²) in [6.45, 7) is -0.554. The van der Waals surface area contributed by atoms with Gasteiger partial charge in [0, 0.05) is 0 Å². The molecule has 4 N–H and O–H groups in total. The van der Waals surface area contributed by atoms with Gasteiger partial charge in [0.2, 0.25) is 0 Å². The Morgan fingerprint density at radius 1 is 1.33 bits per heavy atom. The quantitative estimate of drug-likeness (QED) is 0.581. The molecule has 0 saturated carbocycles. The number of amides is 2. The molecule has 3 rings (SSSR count). The van der Waals surface area contributed by atoms with Gasteiger partial charge in [0.25, 0.3) is 0 Å². The number of ether oxygens (including phenoxy) is 1. The molecule has 2 amide bonds. The summed E-state index contributed by atoms with van der Waals surface area (Å²) in [5.74, 6) is -0.988. The molecule has 2 atom stereocenters. The number of nitrogens with one attached hydrogen (secondary N) is 2. The molecule has 11 nitrogen and oxygen atoms in total. The maximum atomic E-state index is 11.7. The van der Waals surface area contributed by atoms with Gasteiger partial charge >= 0.3 is 12.0 Å². The molecule has 0 bridgehead atoms. The summed E-state index contributed by atoms with van der Waals surface area (Å²) < 4.78 is 7.41. The number of hydrogen-bond donors (Lipinski definition) is 4. The highest BCUT2D eigenvalue weighted by atomic mass is 16.5. The van der Waals surface area contributed by atoms with Gasteiger partial charge in [-0.2, -0.15) is 0 Å². The molecule has 11 heteroatoms. The van der Waals surface area contributed by atoms with Crippen molar-refractivity contribution in [3.8, 4) is 0 Å². The Bertz CT molecular complexity index is 762. The molecular weight excluding hydrogens is 320 g/mol. The molecule has 0 radical (unpaired) electrons. The number of carboxylic acid groups (broad SMARTS) is 1. The summed E-state index contributed by atoms with van der Waals surface area (Å²) in [5.41, 5.74) is 0.834. The number of rotatable bonds is 5. The maximum absolute atomic E-state index is 11.7. The van der Waals surface area contributed by atoms with Crippen LogP contribution in [0.1, 0.15) is 19.1 Å². The van der Waals surface area contributed by atoms with Crippen LogP contribution in [-0.4, -0.2) is 61.0 Å². The first-order valence-corrected chi connectivity index (χ1v) is 7.29. The topological polar surface area (TPSA) is 151 Å². The SMILES string of the molecule is O=C(O)CNC(=O)Nc1ncnc2c1ncn2C1CCC(CO)O1. The number of carboxylic acids is 1. The molecule has 1 aliphatic rings. The molecule has 2 unspecified atom stereocenters. The zero-order chi connectivity index (χ0) is 17.1. The van der Waals surface area contributed by atoms with Crippen molar-refractivity contribution in [1.29, 1.82) is 0 Å². The third-order valence-corrected chi connectivity index (χ3v) is 3.59. The van der Waals surface area contributed by atoms with Gasteiger partial charge in [-0.1, -0.05) is 0 Å². The van der Waals surface area contributed by atoms with Gasteiger partial charge in [-0.05, 0) is 12.8 Å². The van der Waals surface area contributed by atoms with Gasteiger partial charge in [0.15, 0.2) is 17.0 Å². The molecule has 1 fully saturated rings. The van der Waals surface area contributed by atoms with Crippen LogP contribution in [0.5, 0.6) is 0 Å². The van der Waals surface area contributed by atoms with Crippen molar-refractivity contribution < 1.29 is 24.5 Å². The van der Waals surface area contributed by atoms with Gasteiger partial charge in [0.05, 0.1) is 19.0 Å². The minimum Gasteiger partial charge on any atom is -0.480 e. The molecule has 3 heterocycles. The van der Waals surface area contributed by atoms with Crippen molar-refractivity contribution in [3.05, 3.63) is 12.7 Å². The fourth-order valence-electron chi connectivity index (χ4n) is 2.49. The van der Waals surface area contributed by atoms with Crippen LogP contribution in [0.15, 0.2) is 12.7 Å². The minimum absolute atomic E-state index is 0.0470. The van der Waals surface area contributed by atoms with Crippen LogP contribution in [0, 0.1) is 0 Å². The zero-order valence-corrected chi connectivity index (χ0v) is 12.5. The third kappa shape index (κ3) is 3.26. The Labute approximate surface area is 135 Å². The van der Waals surface area contributed by atoms with Crippen LogP contribution in [0.3, 0.4) is 0 Å². The van der Waals surface area contributed by atoms with Gasteiger partial charge in [-0.25, -0.2) is 19.7 Å². The molecule has 2 aromatic rings. The monoisotopic (exact) mass is 336 g/mol. The lowest BCUT2D eigenvalue weighted by molar-refractivity contribution is -0.135. The van der Waals surface area contributed by atoms with Crippen molar-refractivity contribution in [2.24, 2.45) is 0 Å². The number of carbonyl (C=O) groups excluding carboxylic acids is 1. The molecule has 1 aliphatic heterocycles. The van der Waals surface area contributed by atoms with Gasteiger partial charge in [-0.3, -0.25) is 14.7 Å². The van der Waals surface area contributed by atoms with Gasteiger partial charge in [-0.15, -0.1) is 0 Å². The van der Waals surface area contributed by atoms with E-state index in [4.69, 9.17) is 14.9 Å². The predicted molar refractivity (Wildman–Crippen MR) is 80.2 cm³/mol. The van der Waals surface area contributed by atoms with Gasteiger partial charge in [0.1, 0.15) is 19.1 Å². The van der Waals surface area contributed by atoms with Crippen LogP contribution in [0.25, 0.3) is 11.2 Å². The molecule has 0 aromatic carbocycles. The highest BCUT2D eigenvalue weighted by Crippen LogP contribution is 2.30. The van der Waals surface area contributed by atoms with E-state index in [0.29, 0.717) is 17.6 Å². The van der Waals surface area contributed by atoms with Crippen LogP contribution >= 0.6 is 0 Å². The lowest BCUT2D eigenvalue weighted by Gasteiger charge is -2.13. The van der Waals surface area contributed by atoms with Crippen LogP contribution in [-0.2, 0) is 9.53 Å². The molecule has 0 aliphatic carbocycles. The van der Waals surface area contributed by atoms with E-state index >= 15 is 0 Å². The lowest BCUT2D eigenvalue weighted by atomic mass is 10.2. The van der Waals surface area contributed by atoms with Crippen molar-refractivity contribution >= 4 is 29.0 Å². The maximum Gasteiger partial charge on any atom is 0.323 e. The predicted octanol–water partition coefficient (Wildman–Crippen LogP) is -0.298. The average Bonchev–Trinajstić information content (AvgIpc) is 3.19. The molecule has 2 aromatic heterocycles. The molecule has 1 saturated heterocycles. The number of aliphatic carboxylic acids is 1. The Hall–Kier alpha value is -2.79. The Morgan fingerprint density at radius 2 is 2.17 bits per heavy atom. The number of imidazole rings is 1. The highest BCUT2D eigenvalue weighted by Gasteiger charge is 2.27. The number of aromatic nitrogens is 4. The van der Waals surface area contributed by atoms with Crippen LogP contribution in [0.4, 0.5) is 10.6 Å². The Kier molecular flexibility index (Phi) is 4.53. The largest absolute Gasteiger partial charge is 0.480 e. The number of anilines is 1. The van der Waals surface area contributed by atoms with E-state index in [0.717, 1.165) is 6.42 Å². The number of aliphatic hydroxyl groups excluding tert-OH is 1. The fraction of sp³-hybridized carbons (Fsp3) is 0.462. The second-order valence-corrected chi connectivity index (χ2v) is 5.22. The van der Waals surface area contributed by atoms with E-state index in [9.17, 15) is 9.59 Å². The number of nitrogens with zero attached hydrogens (tertiary/aromatic N) is 4. The average molecular weight is 336 g/mol. The van der Waals surface area contributed by atoms with Crippen molar-refractivity contribution in [3.63, 3.8) is 0 Å². The van der Waals surface area contributed by atoms with Crippen molar-refractivity contribution in [1.82, 2.24) is 24.8 Å². The zero-order valence-electron chi connectivity index (χ0n) is 12.5. The summed E-state index contributed by atoms with van der Waals surface area (Å²) in [6, 6.07) is -0.704.